The van der Waals surface area contributed by atoms with E-state index in [-0.39, 0.29) is 59.1 Å². The van der Waals surface area contributed by atoms with E-state index in [4.69, 9.17) is 56.8 Å². The summed E-state index contributed by atoms with van der Waals surface area (Å²) in [5.41, 5.74) is 0. The second-order valence-electron chi connectivity index (χ2n) is 14.0. The molecule has 2 aliphatic heterocycles. The molecule has 390 valence electrons. The Bertz CT molecular complexity index is 1180. The summed E-state index contributed by atoms with van der Waals surface area (Å²) in [6, 6.07) is 33.4. The molecule has 2 aliphatic rings. The molecule has 2 radical (unpaired) electrons. The first-order valence-corrected chi connectivity index (χ1v) is 23.5. The van der Waals surface area contributed by atoms with Crippen molar-refractivity contribution in [1.82, 2.24) is 0 Å². The zero-order chi connectivity index (χ0) is 48.7. The minimum absolute atomic E-state index is 0. The fourth-order valence-corrected chi connectivity index (χ4v) is 5.24. The van der Waals surface area contributed by atoms with Gasteiger partial charge in [-0.25, -0.2) is 0 Å². The Hall–Kier alpha value is -1.24. The summed E-state index contributed by atoms with van der Waals surface area (Å²) < 4.78 is 82.6. The number of fused-ring (bicyclic) bond motifs is 2. The van der Waals surface area contributed by atoms with Gasteiger partial charge in [0.05, 0.1) is 185 Å². The van der Waals surface area contributed by atoms with Gasteiger partial charge in [0.25, 0.3) is 0 Å². The summed E-state index contributed by atoms with van der Waals surface area (Å²) >= 11 is 0. The van der Waals surface area contributed by atoms with Crippen molar-refractivity contribution in [3.8, 4) is 0 Å². The van der Waals surface area contributed by atoms with Gasteiger partial charge in [0.1, 0.15) is 0 Å². The van der Waals surface area contributed by atoms with Gasteiger partial charge in [0.15, 0.2) is 0 Å². The van der Waals surface area contributed by atoms with E-state index in [2.05, 4.69) is 116 Å². The Morgan fingerprint density at radius 2 is 0.329 bits per heavy atom. The molecule has 0 atom stereocenters. The molecule has 0 aromatic heterocycles. The molecule has 0 amide bonds. The number of ether oxygens (including phenoxy) is 16. The largest absolute Gasteiger partial charge is 0.382 e. The number of hydrogen-bond acceptors (Lipinski definition) is 16. The Kier molecular flexibility index (Phi) is 61.0. The van der Waals surface area contributed by atoms with Crippen molar-refractivity contribution in [2.45, 2.75) is 0 Å². The molecule has 16 nitrogen and oxygen atoms in total. The quantitative estimate of drug-likeness (QED) is 0.172. The summed E-state index contributed by atoms with van der Waals surface area (Å²) in [5, 5.41) is 5.24. The fourth-order valence-electron chi connectivity index (χ4n) is 5.24. The van der Waals surface area contributed by atoms with E-state index < -0.39 is 0 Å². The smallest absolute Gasteiger partial charge is 0.0701 e. The maximum Gasteiger partial charge on any atom is 0.0701 e. The molecule has 0 N–H and O–H groups in total. The van der Waals surface area contributed by atoms with E-state index in [0.717, 1.165) is 0 Å². The van der Waals surface area contributed by atoms with Crippen LogP contribution in [-0.4, -0.2) is 273 Å². The first-order valence-electron chi connectivity index (χ1n) is 23.5. The van der Waals surface area contributed by atoms with Gasteiger partial charge < -0.3 is 75.8 Å². The summed E-state index contributed by atoms with van der Waals surface area (Å²) in [5.74, 6) is 0. The monoisotopic (exact) mass is 1010 g/mol. The van der Waals surface area contributed by atoms with Gasteiger partial charge in [-0.15, -0.1) is 0 Å². The van der Waals surface area contributed by atoms with E-state index in [1.807, 2.05) is 0 Å². The van der Waals surface area contributed by atoms with Crippen LogP contribution in [0.1, 0.15) is 0 Å². The molecule has 0 saturated carbocycles. The summed E-state index contributed by atoms with van der Waals surface area (Å²) in [6.07, 6.45) is 0. The summed E-state index contributed by atoms with van der Waals surface area (Å²) in [7, 11) is 6.61. The third kappa shape index (κ3) is 49.0. The predicted molar refractivity (Wildman–Crippen MR) is 277 cm³/mol. The predicted octanol–water partition coefficient (Wildman–Crippen LogP) is 5.68. The van der Waals surface area contributed by atoms with Crippen LogP contribution in [-0.2, 0) is 75.8 Å². The van der Waals surface area contributed by atoms with Crippen LogP contribution < -0.4 is 0 Å². The van der Waals surface area contributed by atoms with Crippen molar-refractivity contribution in [1.29, 1.82) is 0 Å². The molecule has 2 heterocycles. The van der Waals surface area contributed by atoms with Crippen LogP contribution in [0.2, 0.25) is 0 Å². The normalized spacial score (nSPS) is 16.7. The van der Waals surface area contributed by atoms with Crippen LogP contribution in [0.4, 0.5) is 0 Å². The maximum absolute atomic E-state index is 5.33. The minimum Gasteiger partial charge on any atom is -0.382 e. The second-order valence-corrected chi connectivity index (χ2v) is 14.0. The van der Waals surface area contributed by atoms with Crippen molar-refractivity contribution in [3.05, 3.63) is 97.1 Å². The van der Waals surface area contributed by atoms with Gasteiger partial charge in [0, 0.05) is 87.6 Å². The SMILES string of the molecule is C1COCCOCCOCCOCCOCCO1.C1COCCOCCOCCOCCOCCO1.COCCOC.COCCOC.[Na].[Na].c1ccc2ccccc2c1.c1ccc2ccccc2c1. The van der Waals surface area contributed by atoms with Crippen LogP contribution in [0.5, 0.6) is 0 Å². The molecule has 70 heavy (non-hydrogen) atoms. The van der Waals surface area contributed by atoms with Crippen molar-refractivity contribution in [3.63, 3.8) is 0 Å². The molecule has 0 bridgehead atoms. The maximum atomic E-state index is 5.33. The molecule has 6 rings (SSSR count). The van der Waals surface area contributed by atoms with Gasteiger partial charge in [-0.05, 0) is 21.5 Å². The fraction of sp³-hybridized carbons (Fsp3) is 0.615. The Morgan fingerprint density at radius 1 is 0.229 bits per heavy atom. The number of rotatable bonds is 6. The van der Waals surface area contributed by atoms with E-state index in [1.54, 1.807) is 28.4 Å². The van der Waals surface area contributed by atoms with Gasteiger partial charge in [-0.2, -0.15) is 0 Å². The Morgan fingerprint density at radius 3 is 0.414 bits per heavy atom. The van der Waals surface area contributed by atoms with E-state index in [9.17, 15) is 0 Å². The number of benzene rings is 4. The Labute approximate surface area is 463 Å². The van der Waals surface area contributed by atoms with E-state index in [1.165, 1.54) is 21.5 Å². The molecule has 18 heteroatoms. The van der Waals surface area contributed by atoms with Crippen LogP contribution in [0.25, 0.3) is 21.5 Å². The van der Waals surface area contributed by atoms with Crippen LogP contribution >= 0.6 is 0 Å². The van der Waals surface area contributed by atoms with Gasteiger partial charge >= 0.3 is 0 Å². The minimum atomic E-state index is 0. The van der Waals surface area contributed by atoms with Gasteiger partial charge in [0.2, 0.25) is 0 Å². The average Bonchev–Trinajstić information content (AvgIpc) is 3.38. The van der Waals surface area contributed by atoms with Crippen molar-refractivity contribution in [2.24, 2.45) is 0 Å². The topological polar surface area (TPSA) is 148 Å². The third-order valence-electron chi connectivity index (χ3n) is 8.76. The van der Waals surface area contributed by atoms with Crippen LogP contribution in [0.15, 0.2) is 97.1 Å². The van der Waals surface area contributed by atoms with Crippen LogP contribution in [0.3, 0.4) is 0 Å². The first kappa shape index (κ1) is 70.8. The molecular weight excluding hydrogens is 927 g/mol. The Balaban J connectivity index is 0. The number of hydrogen-bond donors (Lipinski definition) is 0. The molecular formula is C52H84Na2O16. The van der Waals surface area contributed by atoms with Crippen molar-refractivity contribution < 1.29 is 75.8 Å². The number of methoxy groups -OCH3 is 4. The summed E-state index contributed by atoms with van der Waals surface area (Å²) in [4.78, 5) is 0. The van der Waals surface area contributed by atoms with E-state index >= 15 is 0 Å². The average molecular weight is 1010 g/mol. The third-order valence-corrected chi connectivity index (χ3v) is 8.76. The molecule has 2 saturated heterocycles. The first-order chi connectivity index (χ1) is 33.8. The second kappa shape index (κ2) is 60.3. The van der Waals surface area contributed by atoms with Gasteiger partial charge in [-0.3, -0.25) is 0 Å². The van der Waals surface area contributed by atoms with Gasteiger partial charge in [-0.1, -0.05) is 97.1 Å². The van der Waals surface area contributed by atoms with Crippen LogP contribution in [0, 0.1) is 0 Å². The van der Waals surface area contributed by atoms with Crippen molar-refractivity contribution >= 4 is 80.7 Å². The zero-order valence-corrected chi connectivity index (χ0v) is 47.6. The molecule has 0 unspecified atom stereocenters. The summed E-state index contributed by atoms with van der Waals surface area (Å²) in [6.45, 7) is 16.8. The molecule has 0 aliphatic carbocycles. The van der Waals surface area contributed by atoms with E-state index in [0.29, 0.717) is 185 Å². The molecule has 4 aromatic carbocycles. The molecule has 4 aromatic rings. The standard InChI is InChI=1S/2C12H24O6.2C10H8.2C4H10O2.2Na/c2*1-2-14-5-6-16-9-10-18-12-11-17-8-7-15-4-3-13-1;2*1-2-6-10-8-4-3-7-9(10)5-1;2*1-5-3-4-6-2;;/h2*1-12H2;2*1-8H;2*3-4H2,1-2H3;;. The molecule has 2 fully saturated rings. The van der Waals surface area contributed by atoms with Crippen molar-refractivity contribution in [2.75, 3.05) is 213 Å². The zero-order valence-electron chi connectivity index (χ0n) is 43.6. The molecule has 0 spiro atoms.